The van der Waals surface area contributed by atoms with Gasteiger partial charge in [0.2, 0.25) is 28.5 Å². The minimum atomic E-state index is 0.477. The molecular weight excluding hydrogens is 1510 g/mol. The van der Waals surface area contributed by atoms with Crippen molar-refractivity contribution in [3.05, 3.63) is 321 Å². The Morgan fingerprint density at radius 1 is 0.350 bits per heavy atom. The Morgan fingerprint density at radius 3 is 1.36 bits per heavy atom. The maximum absolute atomic E-state index is 9.81. The lowest BCUT2D eigenvalue weighted by Crippen LogP contribution is -2.31. The van der Waals surface area contributed by atoms with Gasteiger partial charge in [0.15, 0.2) is 36.1 Å². The second-order valence-corrected chi connectivity index (χ2v) is 34.5. The summed E-state index contributed by atoms with van der Waals surface area (Å²) in [5.74, 6) is 2.15. The van der Waals surface area contributed by atoms with Crippen molar-refractivity contribution in [2.75, 3.05) is 0 Å². The molecule has 123 heavy (non-hydrogen) atoms. The van der Waals surface area contributed by atoms with Crippen LogP contribution in [0.1, 0.15) is 152 Å². The molecule has 1 saturated carbocycles. The maximum atomic E-state index is 9.81. The minimum Gasteiger partial charge on any atom is -0.466 e. The fourth-order valence-electron chi connectivity index (χ4n) is 19.0. The number of fused-ring (bicyclic) bond motifs is 16. The van der Waals surface area contributed by atoms with E-state index in [-0.39, 0.29) is 0 Å². The van der Waals surface area contributed by atoms with Crippen molar-refractivity contribution in [2.45, 2.75) is 126 Å². The molecule has 21 rings (SSSR count). The van der Waals surface area contributed by atoms with Crippen LogP contribution in [0.2, 0.25) is 0 Å². The van der Waals surface area contributed by atoms with E-state index in [2.05, 4.69) is 303 Å². The molecule has 0 saturated heterocycles. The molecule has 12 aromatic carbocycles. The van der Waals surface area contributed by atoms with Crippen molar-refractivity contribution < 1.29 is 35.9 Å². The lowest BCUT2D eigenvalue weighted by molar-refractivity contribution is -0.659. The zero-order valence-electron chi connectivity index (χ0n) is 72.4. The summed E-state index contributed by atoms with van der Waals surface area (Å²) < 4.78 is 34.3. The molecule has 1 aliphatic carbocycles. The van der Waals surface area contributed by atoms with Gasteiger partial charge in [0, 0.05) is 67.4 Å². The highest BCUT2D eigenvalue weighted by atomic mass is 16.3. The van der Waals surface area contributed by atoms with Crippen LogP contribution in [0.5, 0.6) is 0 Å². The van der Waals surface area contributed by atoms with Crippen molar-refractivity contribution >= 4 is 142 Å². The van der Waals surface area contributed by atoms with Gasteiger partial charge in [-0.3, -0.25) is 0 Å². The third kappa shape index (κ3) is 13.8. The predicted octanol–water partition coefficient (Wildman–Crippen LogP) is 28.3. The van der Waals surface area contributed by atoms with E-state index < -0.39 is 0 Å². The second kappa shape index (κ2) is 31.9. The highest BCUT2D eigenvalue weighted by Gasteiger charge is 2.32. The molecule has 0 N–H and O–H groups in total. The number of benzene rings is 12. The van der Waals surface area contributed by atoms with E-state index >= 15 is 0 Å². The Hall–Kier alpha value is -14.6. The molecule has 600 valence electrons. The third-order valence-corrected chi connectivity index (χ3v) is 25.7. The predicted molar refractivity (Wildman–Crippen MR) is 500 cm³/mol. The standard InChI is InChI=1S/C30H27N2O.3C27H23N2O/c1-18-16-25-24-10-7-11-26(31-3)29(24)33-30(25)27(19(18)2)28-23-13-12-21(20-8-5-6-9-20)17-22(23)14-15-32(28)4;1-16(2)18-7-10-21-19(14-18)12-13-29(5)26(21)25-17(3)6-9-22-23-15-20(28-4)8-11-24(23)30-27(22)25;1-16(2)18-9-11-21-19(14-18)12-13-29(4)26(21)24-17(3)8-10-22-25-20(15-28)6-5-7-23(25)30-27(22)24;1-16(2)18-9-10-21-19(14-18)11-12-29(4)26(21)24-17(3)13-20(15-28)25-22-7-5-6-8-23(22)30-27(24)25/h7,10-17,20H,5-6,8-9H2,1-2,4H3;6-16H,1-3,5H3;2*5-14,16H,1-4H3/q4*+1. The highest BCUT2D eigenvalue weighted by molar-refractivity contribution is 6.18. The van der Waals surface area contributed by atoms with Crippen LogP contribution in [0.3, 0.4) is 0 Å². The molecule has 0 bridgehead atoms. The summed E-state index contributed by atoms with van der Waals surface area (Å²) in [5.41, 5.74) is 29.1. The van der Waals surface area contributed by atoms with Crippen LogP contribution in [-0.2, 0) is 28.2 Å². The van der Waals surface area contributed by atoms with Crippen molar-refractivity contribution in [1.29, 1.82) is 10.5 Å². The maximum Gasteiger partial charge on any atom is 0.229 e. The summed E-state index contributed by atoms with van der Waals surface area (Å²) in [6, 6.07) is 78.4. The molecule has 8 aromatic heterocycles. The van der Waals surface area contributed by atoms with Crippen LogP contribution in [0.25, 0.3) is 186 Å². The summed E-state index contributed by atoms with van der Waals surface area (Å²) >= 11 is 0. The van der Waals surface area contributed by atoms with Crippen LogP contribution in [0, 0.1) is 70.4 Å². The topological polar surface area (TPSA) is 124 Å². The Kier molecular flexibility index (Phi) is 20.6. The van der Waals surface area contributed by atoms with Gasteiger partial charge in [0.25, 0.3) is 0 Å². The number of nitrogens with zero attached hydrogens (tertiary/aromatic N) is 8. The van der Waals surface area contributed by atoms with E-state index in [9.17, 15) is 10.5 Å². The third-order valence-electron chi connectivity index (χ3n) is 25.7. The monoisotopic (exact) mass is 1600 g/mol. The number of aromatic nitrogens is 4. The normalized spacial score (nSPS) is 12.4. The number of pyridine rings is 4. The quantitative estimate of drug-likeness (QED) is 0.110. The van der Waals surface area contributed by atoms with Gasteiger partial charge >= 0.3 is 0 Å². The summed E-state index contributed by atoms with van der Waals surface area (Å²) in [6.07, 6.45) is 13.8. The molecule has 12 nitrogen and oxygen atoms in total. The number of hydrogen-bond acceptors (Lipinski definition) is 6. The van der Waals surface area contributed by atoms with Crippen molar-refractivity contribution in [2.24, 2.45) is 28.2 Å². The SMILES string of the molecule is Cc1cc(C#N)c2c(oc3ccccc32)c1-c1c2ccc(C(C)C)cc2cc[n+]1C.Cc1ccc2c(oc3cccc(C#N)c32)c1-c1c2ccc(C(C)C)cc2cc[n+]1C.[C-]#[N+]c1ccc2oc3c(-c4c5ccc(C(C)C)cc5cc[n+]4C)c(C)ccc3c2c1.[C-]#[N+]c1cccc2c1oc1c(-c3c4ccc(C5CCCC5)cc4cc[n+]3C)c(C)c(C)cc12. The van der Waals surface area contributed by atoms with Gasteiger partial charge in [-0.05, 0) is 209 Å². The molecule has 0 atom stereocenters. The van der Waals surface area contributed by atoms with Crippen LogP contribution >= 0.6 is 0 Å². The number of hydrogen-bond donors (Lipinski definition) is 0. The van der Waals surface area contributed by atoms with Gasteiger partial charge in [0.1, 0.15) is 67.3 Å². The van der Waals surface area contributed by atoms with Crippen LogP contribution in [-0.4, -0.2) is 0 Å². The minimum absolute atomic E-state index is 0.477. The fourth-order valence-corrected chi connectivity index (χ4v) is 19.0. The summed E-state index contributed by atoms with van der Waals surface area (Å²) in [6.45, 7) is 38.9. The van der Waals surface area contributed by atoms with Gasteiger partial charge in [-0.1, -0.05) is 176 Å². The van der Waals surface area contributed by atoms with E-state index in [0.717, 1.165) is 133 Å². The molecule has 0 spiro atoms. The Balaban J connectivity index is 0.000000112. The molecule has 0 amide bonds. The highest BCUT2D eigenvalue weighted by Crippen LogP contribution is 2.48. The number of aryl methyl sites for hydroxylation is 8. The zero-order chi connectivity index (χ0) is 85.7. The average molecular weight is 1610 g/mol. The smallest absolute Gasteiger partial charge is 0.229 e. The molecular formula is C111H96N8O4+4. The van der Waals surface area contributed by atoms with Gasteiger partial charge < -0.3 is 17.7 Å². The average Bonchev–Trinajstić information content (AvgIpc) is 1.65. The first kappa shape index (κ1) is 79.6. The molecule has 12 heteroatoms. The molecule has 20 aromatic rings. The Bertz CT molecular complexity index is 7980. The Labute approximate surface area is 716 Å². The van der Waals surface area contributed by atoms with E-state index in [1.54, 1.807) is 0 Å². The first-order valence-corrected chi connectivity index (χ1v) is 42.6. The van der Waals surface area contributed by atoms with E-state index in [0.29, 0.717) is 51.8 Å². The van der Waals surface area contributed by atoms with Crippen molar-refractivity contribution in [3.63, 3.8) is 0 Å². The lowest BCUT2D eigenvalue weighted by Gasteiger charge is -2.13. The van der Waals surface area contributed by atoms with E-state index in [1.165, 1.54) is 113 Å². The van der Waals surface area contributed by atoms with Crippen molar-refractivity contribution in [1.82, 2.24) is 0 Å². The summed E-state index contributed by atoms with van der Waals surface area (Å²) in [7, 11) is 8.34. The number of nitriles is 2. The summed E-state index contributed by atoms with van der Waals surface area (Å²) in [4.78, 5) is 7.29. The van der Waals surface area contributed by atoms with Crippen LogP contribution in [0.15, 0.2) is 255 Å². The molecule has 0 radical (unpaired) electrons. The van der Waals surface area contributed by atoms with Gasteiger partial charge in [-0.2, -0.15) is 10.5 Å². The molecule has 8 heterocycles. The molecule has 1 fully saturated rings. The second-order valence-electron chi connectivity index (χ2n) is 34.5. The largest absolute Gasteiger partial charge is 0.466 e. The van der Waals surface area contributed by atoms with Crippen LogP contribution < -0.4 is 18.3 Å². The molecule has 0 aliphatic heterocycles. The molecule has 0 unspecified atom stereocenters. The number of para-hydroxylation sites is 2. The van der Waals surface area contributed by atoms with Gasteiger partial charge in [-0.15, -0.1) is 0 Å². The van der Waals surface area contributed by atoms with Gasteiger partial charge in [-0.25, -0.2) is 28.0 Å². The van der Waals surface area contributed by atoms with E-state index in [4.69, 9.17) is 30.8 Å². The van der Waals surface area contributed by atoms with E-state index in [1.807, 2.05) is 78.9 Å². The number of rotatable bonds is 8. The zero-order valence-corrected chi connectivity index (χ0v) is 72.4. The number of furan rings is 4. The first-order chi connectivity index (χ1) is 59.5. The first-order valence-electron chi connectivity index (χ1n) is 42.6. The fraction of sp³-hybridized carbons (Fsp3) is 0.207. The molecule has 1 aliphatic rings. The summed E-state index contributed by atoms with van der Waals surface area (Å²) in [5, 5.41) is 37.1. The Morgan fingerprint density at radius 2 is 0.805 bits per heavy atom. The van der Waals surface area contributed by atoms with Crippen molar-refractivity contribution in [3.8, 4) is 57.2 Å². The lowest BCUT2D eigenvalue weighted by atomic mass is 9.91. The van der Waals surface area contributed by atoms with Gasteiger partial charge in [0.05, 0.1) is 80.2 Å². The van der Waals surface area contributed by atoms with Crippen LogP contribution in [0.4, 0.5) is 11.4 Å².